The van der Waals surface area contributed by atoms with Crippen molar-refractivity contribution < 1.29 is 4.79 Å². The molecule has 6 nitrogen and oxygen atoms in total. The maximum atomic E-state index is 11.9. The highest BCUT2D eigenvalue weighted by Gasteiger charge is 2.19. The zero-order chi connectivity index (χ0) is 15.5. The molecule has 3 rings (SSSR count). The molecule has 1 aromatic carbocycles. The Kier molecular flexibility index (Phi) is 4.42. The summed E-state index contributed by atoms with van der Waals surface area (Å²) in [6.45, 7) is 4.94. The average molecular weight is 317 g/mol. The van der Waals surface area contributed by atoms with Crippen LogP contribution in [-0.2, 0) is 4.79 Å². The molecule has 1 aromatic heterocycles. The van der Waals surface area contributed by atoms with E-state index < -0.39 is 0 Å². The van der Waals surface area contributed by atoms with Gasteiger partial charge in [0.25, 0.3) is 0 Å². The number of hydrogen-bond acceptors (Lipinski definition) is 5. The number of amides is 1. The molecule has 2 aromatic rings. The smallest absolute Gasteiger partial charge is 0.223 e. The lowest BCUT2D eigenvalue weighted by Gasteiger charge is -2.25. The predicted molar refractivity (Wildman–Crippen MR) is 84.9 cm³/mol. The molecule has 1 aliphatic rings. The number of carbonyl (C=O) groups is 1. The highest BCUT2D eigenvalue weighted by molar-refractivity contribution is 7.99. The first kappa shape index (κ1) is 15.0. The van der Waals surface area contributed by atoms with Crippen LogP contribution in [0.15, 0.2) is 23.4 Å². The molecule has 2 heterocycles. The van der Waals surface area contributed by atoms with E-state index in [4.69, 9.17) is 0 Å². The minimum absolute atomic E-state index is 0.226. The molecule has 0 bridgehead atoms. The summed E-state index contributed by atoms with van der Waals surface area (Å²) in [5, 5.41) is 12.7. The van der Waals surface area contributed by atoms with E-state index in [0.717, 1.165) is 30.6 Å². The summed E-state index contributed by atoms with van der Waals surface area (Å²) in [6.07, 6.45) is 2.73. The van der Waals surface area contributed by atoms with Gasteiger partial charge in [0.1, 0.15) is 0 Å². The van der Waals surface area contributed by atoms with Crippen molar-refractivity contribution in [1.82, 2.24) is 25.1 Å². The van der Waals surface area contributed by atoms with Gasteiger partial charge < -0.3 is 4.90 Å². The Morgan fingerprint density at radius 1 is 1.27 bits per heavy atom. The van der Waals surface area contributed by atoms with Gasteiger partial charge in [0.15, 0.2) is 0 Å². The molecule has 116 valence electrons. The lowest BCUT2D eigenvalue weighted by Crippen LogP contribution is -2.34. The zero-order valence-electron chi connectivity index (χ0n) is 12.8. The second-order valence-corrected chi connectivity index (χ2v) is 6.46. The first-order chi connectivity index (χ1) is 10.6. The van der Waals surface area contributed by atoms with Crippen molar-refractivity contribution in [2.45, 2.75) is 38.3 Å². The van der Waals surface area contributed by atoms with Crippen molar-refractivity contribution in [3.8, 4) is 5.69 Å². The molecule has 0 aliphatic carbocycles. The second-order valence-electron chi connectivity index (χ2n) is 5.55. The van der Waals surface area contributed by atoms with Gasteiger partial charge >= 0.3 is 0 Å². The Hall–Kier alpha value is -1.89. The third-order valence-electron chi connectivity index (χ3n) is 3.79. The quantitative estimate of drug-likeness (QED) is 0.810. The van der Waals surface area contributed by atoms with Gasteiger partial charge in [-0.05, 0) is 48.7 Å². The molecule has 1 fully saturated rings. The van der Waals surface area contributed by atoms with Gasteiger partial charge in [-0.15, -0.1) is 5.10 Å². The SMILES string of the molecule is Cc1ccc(-n2nnnc2SCN2CCCCC2=O)c(C)c1. The van der Waals surface area contributed by atoms with Crippen LogP contribution in [0, 0.1) is 13.8 Å². The number of rotatable bonds is 4. The van der Waals surface area contributed by atoms with E-state index in [1.54, 1.807) is 4.68 Å². The van der Waals surface area contributed by atoms with E-state index in [2.05, 4.69) is 28.5 Å². The molecule has 0 spiro atoms. The first-order valence-corrected chi connectivity index (χ1v) is 8.40. The summed E-state index contributed by atoms with van der Waals surface area (Å²) in [6, 6.07) is 6.18. The molecule has 0 radical (unpaired) electrons. The third kappa shape index (κ3) is 3.14. The van der Waals surface area contributed by atoms with Crippen LogP contribution >= 0.6 is 11.8 Å². The Morgan fingerprint density at radius 2 is 2.14 bits per heavy atom. The lowest BCUT2D eigenvalue weighted by molar-refractivity contribution is -0.132. The van der Waals surface area contributed by atoms with Gasteiger partial charge in [0.2, 0.25) is 11.1 Å². The maximum absolute atomic E-state index is 11.9. The number of aryl methyl sites for hydroxylation is 2. The van der Waals surface area contributed by atoms with Crippen molar-refractivity contribution in [3.63, 3.8) is 0 Å². The van der Waals surface area contributed by atoms with Gasteiger partial charge in [-0.25, -0.2) is 0 Å². The highest BCUT2D eigenvalue weighted by Crippen LogP contribution is 2.23. The zero-order valence-corrected chi connectivity index (χ0v) is 13.6. The van der Waals surface area contributed by atoms with E-state index in [9.17, 15) is 4.79 Å². The summed E-state index contributed by atoms with van der Waals surface area (Å²) >= 11 is 1.50. The summed E-state index contributed by atoms with van der Waals surface area (Å²) in [5.41, 5.74) is 3.31. The van der Waals surface area contributed by atoms with Crippen LogP contribution in [0.5, 0.6) is 0 Å². The van der Waals surface area contributed by atoms with Gasteiger partial charge in [-0.2, -0.15) is 4.68 Å². The molecular formula is C15H19N5OS. The van der Waals surface area contributed by atoms with Crippen LogP contribution < -0.4 is 0 Å². The van der Waals surface area contributed by atoms with Crippen LogP contribution in [0.3, 0.4) is 0 Å². The molecule has 1 aliphatic heterocycles. The predicted octanol–water partition coefficient (Wildman–Crippen LogP) is 2.34. The van der Waals surface area contributed by atoms with Gasteiger partial charge in [0, 0.05) is 13.0 Å². The summed E-state index contributed by atoms with van der Waals surface area (Å²) in [7, 11) is 0. The number of likely N-dealkylation sites (tertiary alicyclic amines) is 1. The maximum Gasteiger partial charge on any atom is 0.223 e. The van der Waals surface area contributed by atoms with E-state index in [-0.39, 0.29) is 5.91 Å². The minimum Gasteiger partial charge on any atom is -0.333 e. The van der Waals surface area contributed by atoms with Crippen molar-refractivity contribution in [2.75, 3.05) is 12.4 Å². The normalized spacial score (nSPS) is 15.4. The number of aromatic nitrogens is 4. The topological polar surface area (TPSA) is 63.9 Å². The van der Waals surface area contributed by atoms with Crippen LogP contribution in [0.4, 0.5) is 0 Å². The fourth-order valence-electron chi connectivity index (χ4n) is 2.60. The number of carbonyl (C=O) groups excluding carboxylic acids is 1. The summed E-state index contributed by atoms with van der Waals surface area (Å²) in [5.74, 6) is 0.828. The summed E-state index contributed by atoms with van der Waals surface area (Å²) in [4.78, 5) is 13.7. The molecule has 1 saturated heterocycles. The van der Waals surface area contributed by atoms with Crippen LogP contribution in [-0.4, -0.2) is 43.4 Å². The number of tetrazole rings is 1. The number of thioether (sulfide) groups is 1. The van der Waals surface area contributed by atoms with E-state index in [0.29, 0.717) is 17.5 Å². The van der Waals surface area contributed by atoms with Crippen molar-refractivity contribution in [2.24, 2.45) is 0 Å². The molecule has 1 amide bonds. The molecule has 0 atom stereocenters. The van der Waals surface area contributed by atoms with Gasteiger partial charge in [-0.1, -0.05) is 29.5 Å². The van der Waals surface area contributed by atoms with Gasteiger partial charge in [-0.3, -0.25) is 4.79 Å². The number of nitrogens with zero attached hydrogens (tertiary/aromatic N) is 5. The molecular weight excluding hydrogens is 298 g/mol. The van der Waals surface area contributed by atoms with Crippen LogP contribution in [0.1, 0.15) is 30.4 Å². The Labute approximate surface area is 133 Å². The Bertz CT molecular complexity index is 684. The molecule has 0 saturated carbocycles. The number of piperidine rings is 1. The number of benzene rings is 1. The minimum atomic E-state index is 0.226. The fraction of sp³-hybridized carbons (Fsp3) is 0.467. The number of hydrogen-bond donors (Lipinski definition) is 0. The summed E-state index contributed by atoms with van der Waals surface area (Å²) < 4.78 is 1.74. The highest BCUT2D eigenvalue weighted by atomic mass is 32.2. The molecule has 0 unspecified atom stereocenters. The van der Waals surface area contributed by atoms with Crippen molar-refractivity contribution >= 4 is 17.7 Å². The Morgan fingerprint density at radius 3 is 2.91 bits per heavy atom. The average Bonchev–Trinajstić information content (AvgIpc) is 2.95. The molecule has 7 heteroatoms. The van der Waals surface area contributed by atoms with E-state index in [1.165, 1.54) is 17.3 Å². The van der Waals surface area contributed by atoms with Gasteiger partial charge in [0.05, 0.1) is 11.6 Å². The monoisotopic (exact) mass is 317 g/mol. The van der Waals surface area contributed by atoms with Crippen molar-refractivity contribution in [3.05, 3.63) is 29.3 Å². The Balaban J connectivity index is 1.76. The standard InChI is InChI=1S/C15H19N5OS/c1-11-6-7-13(12(2)9-11)20-15(16-17-18-20)22-10-19-8-4-3-5-14(19)21/h6-7,9H,3-5,8,10H2,1-2H3. The van der Waals surface area contributed by atoms with Crippen LogP contribution in [0.2, 0.25) is 0 Å². The van der Waals surface area contributed by atoms with Crippen molar-refractivity contribution in [1.29, 1.82) is 0 Å². The first-order valence-electron chi connectivity index (χ1n) is 7.42. The largest absolute Gasteiger partial charge is 0.333 e. The van der Waals surface area contributed by atoms with E-state index in [1.807, 2.05) is 24.0 Å². The van der Waals surface area contributed by atoms with E-state index >= 15 is 0 Å². The van der Waals surface area contributed by atoms with Crippen LogP contribution in [0.25, 0.3) is 5.69 Å². The second kappa shape index (κ2) is 6.48. The fourth-order valence-corrected chi connectivity index (χ4v) is 3.49. The third-order valence-corrected chi connectivity index (χ3v) is 4.75. The molecule has 0 N–H and O–H groups in total. The molecule has 22 heavy (non-hydrogen) atoms. The lowest BCUT2D eigenvalue weighted by atomic mass is 10.1.